The molecule has 0 radical (unpaired) electrons. The van der Waals surface area contributed by atoms with Crippen LogP contribution in [0.3, 0.4) is 0 Å². The van der Waals surface area contributed by atoms with Crippen molar-refractivity contribution in [2.24, 2.45) is 0 Å². The lowest BCUT2D eigenvalue weighted by Gasteiger charge is -2.28. The first-order chi connectivity index (χ1) is 15.8. The monoisotopic (exact) mass is 411 g/mol. The Bertz CT molecular complexity index is 1290. The van der Waals surface area contributed by atoms with E-state index in [1.165, 1.54) is 27.8 Å². The van der Waals surface area contributed by atoms with Gasteiger partial charge >= 0.3 is 0 Å². The predicted octanol–water partition coefficient (Wildman–Crippen LogP) is 8.80. The summed E-state index contributed by atoms with van der Waals surface area (Å²) in [5, 5.41) is 0. The molecule has 0 aliphatic carbocycles. The molecule has 0 aromatic heterocycles. The topological polar surface area (TPSA) is 3.24 Å². The summed E-state index contributed by atoms with van der Waals surface area (Å²) in [6, 6.07) is 47.3. The van der Waals surface area contributed by atoms with Gasteiger partial charge in [-0.1, -0.05) is 103 Å². The van der Waals surface area contributed by atoms with E-state index in [4.69, 9.17) is 0 Å². The van der Waals surface area contributed by atoms with E-state index in [9.17, 15) is 0 Å². The third-order valence-corrected chi connectivity index (χ3v) is 5.74. The molecule has 0 spiro atoms. The van der Waals surface area contributed by atoms with E-state index >= 15 is 0 Å². The molecule has 0 amide bonds. The van der Waals surface area contributed by atoms with E-state index in [0.29, 0.717) is 0 Å². The minimum absolute atomic E-state index is 1.14. The Hall–Kier alpha value is -4.10. The van der Waals surface area contributed by atoms with Crippen molar-refractivity contribution in [1.82, 2.24) is 0 Å². The summed E-state index contributed by atoms with van der Waals surface area (Å²) in [6.07, 6.45) is 0. The molecule has 32 heavy (non-hydrogen) atoms. The Kier molecular flexibility index (Phi) is 5.55. The number of anilines is 3. The van der Waals surface area contributed by atoms with Gasteiger partial charge in [0.25, 0.3) is 0 Å². The van der Waals surface area contributed by atoms with Crippen LogP contribution in [0.4, 0.5) is 17.1 Å². The Labute approximate surface area is 190 Å². The first-order valence-corrected chi connectivity index (χ1v) is 11.0. The number of hydrogen-bond acceptors (Lipinski definition) is 1. The largest absolute Gasteiger partial charge is 0.310 e. The maximum absolute atomic E-state index is 2.34. The van der Waals surface area contributed by atoms with Gasteiger partial charge in [0.15, 0.2) is 0 Å². The van der Waals surface area contributed by atoms with Gasteiger partial charge in [0, 0.05) is 16.9 Å². The van der Waals surface area contributed by atoms with E-state index in [2.05, 4.69) is 145 Å². The van der Waals surface area contributed by atoms with Gasteiger partial charge in [-0.15, -0.1) is 0 Å². The van der Waals surface area contributed by atoms with Gasteiger partial charge in [-0.25, -0.2) is 0 Å². The van der Waals surface area contributed by atoms with Crippen molar-refractivity contribution >= 4 is 17.1 Å². The minimum Gasteiger partial charge on any atom is -0.310 e. The fraction of sp³-hybridized carbons (Fsp3) is 0.0323. The second-order valence-electron chi connectivity index (χ2n) is 7.97. The van der Waals surface area contributed by atoms with Gasteiger partial charge in [-0.05, 0) is 60.0 Å². The van der Waals surface area contributed by atoms with Crippen LogP contribution in [0.5, 0.6) is 0 Å². The maximum Gasteiger partial charge on any atom is 0.0540 e. The minimum atomic E-state index is 1.14. The lowest BCUT2D eigenvalue weighted by atomic mass is 9.96. The molecule has 5 aromatic rings. The fourth-order valence-electron chi connectivity index (χ4n) is 4.09. The van der Waals surface area contributed by atoms with E-state index in [1.807, 2.05) is 0 Å². The van der Waals surface area contributed by atoms with Crippen LogP contribution in [-0.4, -0.2) is 0 Å². The van der Waals surface area contributed by atoms with Gasteiger partial charge < -0.3 is 4.90 Å². The predicted molar refractivity (Wildman–Crippen MR) is 137 cm³/mol. The first-order valence-electron chi connectivity index (χ1n) is 11.0. The third kappa shape index (κ3) is 4.06. The molecule has 0 heterocycles. The number of hydrogen-bond donors (Lipinski definition) is 0. The summed E-state index contributed by atoms with van der Waals surface area (Å²) < 4.78 is 0. The average molecular weight is 412 g/mol. The highest BCUT2D eigenvalue weighted by molar-refractivity contribution is 5.90. The second kappa shape index (κ2) is 8.95. The molecular weight excluding hydrogens is 386 g/mol. The van der Waals surface area contributed by atoms with Crippen molar-refractivity contribution in [1.29, 1.82) is 0 Å². The zero-order valence-corrected chi connectivity index (χ0v) is 18.1. The smallest absolute Gasteiger partial charge is 0.0540 e. The lowest BCUT2D eigenvalue weighted by molar-refractivity contribution is 1.27. The molecule has 1 heteroatoms. The molecular formula is C31H25N. The van der Waals surface area contributed by atoms with Crippen molar-refractivity contribution in [3.8, 4) is 22.3 Å². The number of aryl methyl sites for hydroxylation is 1. The number of rotatable bonds is 5. The highest BCUT2D eigenvalue weighted by atomic mass is 15.1. The first kappa shape index (κ1) is 19.8. The lowest BCUT2D eigenvalue weighted by Crippen LogP contribution is -2.11. The van der Waals surface area contributed by atoms with Crippen LogP contribution in [0, 0.1) is 6.92 Å². The number of nitrogens with zero attached hydrogens (tertiary/aromatic N) is 1. The molecule has 0 fully saturated rings. The molecule has 1 nitrogen and oxygen atoms in total. The third-order valence-electron chi connectivity index (χ3n) is 5.74. The maximum atomic E-state index is 2.34. The summed E-state index contributed by atoms with van der Waals surface area (Å²) in [5.41, 5.74) is 9.54. The molecule has 5 rings (SSSR count). The Morgan fingerprint density at radius 1 is 0.438 bits per heavy atom. The standard InChI is InChI=1S/C31H25N/c1-24-17-20-29(21-18-24)32(28-15-9-4-10-16-28)31-22-19-27(25-11-5-2-6-12-25)23-30(31)26-13-7-3-8-14-26/h2-23H,1H3. The van der Waals surface area contributed by atoms with Crippen LogP contribution >= 0.6 is 0 Å². The number of para-hydroxylation sites is 1. The van der Waals surface area contributed by atoms with Gasteiger partial charge in [-0.2, -0.15) is 0 Å². The molecule has 0 aliphatic heterocycles. The van der Waals surface area contributed by atoms with Crippen molar-refractivity contribution in [2.45, 2.75) is 6.92 Å². The summed E-state index contributed by atoms with van der Waals surface area (Å²) >= 11 is 0. The number of benzene rings is 5. The van der Waals surface area contributed by atoms with Gasteiger partial charge in [0.2, 0.25) is 0 Å². The van der Waals surface area contributed by atoms with Crippen molar-refractivity contribution in [2.75, 3.05) is 4.90 Å². The highest BCUT2D eigenvalue weighted by Crippen LogP contribution is 2.42. The van der Waals surface area contributed by atoms with Crippen LogP contribution in [0.1, 0.15) is 5.56 Å². The Morgan fingerprint density at radius 2 is 0.969 bits per heavy atom. The molecule has 0 unspecified atom stereocenters. The summed E-state index contributed by atoms with van der Waals surface area (Å²) in [7, 11) is 0. The van der Waals surface area contributed by atoms with Crippen LogP contribution in [-0.2, 0) is 0 Å². The second-order valence-corrected chi connectivity index (χ2v) is 7.97. The van der Waals surface area contributed by atoms with Gasteiger partial charge in [-0.3, -0.25) is 0 Å². The van der Waals surface area contributed by atoms with E-state index < -0.39 is 0 Å². The summed E-state index contributed by atoms with van der Waals surface area (Å²) in [6.45, 7) is 2.13. The van der Waals surface area contributed by atoms with Crippen molar-refractivity contribution < 1.29 is 0 Å². The normalized spacial score (nSPS) is 10.7. The highest BCUT2D eigenvalue weighted by Gasteiger charge is 2.17. The van der Waals surface area contributed by atoms with E-state index in [1.54, 1.807) is 0 Å². The Morgan fingerprint density at radius 3 is 1.59 bits per heavy atom. The zero-order valence-electron chi connectivity index (χ0n) is 18.1. The van der Waals surface area contributed by atoms with E-state index in [-0.39, 0.29) is 0 Å². The van der Waals surface area contributed by atoms with Gasteiger partial charge in [0.05, 0.1) is 5.69 Å². The van der Waals surface area contributed by atoms with Crippen LogP contribution in [0.15, 0.2) is 133 Å². The van der Waals surface area contributed by atoms with Crippen LogP contribution in [0.25, 0.3) is 22.3 Å². The van der Waals surface area contributed by atoms with Crippen LogP contribution < -0.4 is 4.90 Å². The van der Waals surface area contributed by atoms with Crippen LogP contribution in [0.2, 0.25) is 0 Å². The average Bonchev–Trinajstić information content (AvgIpc) is 2.87. The molecule has 0 aliphatic rings. The molecule has 0 saturated heterocycles. The van der Waals surface area contributed by atoms with Gasteiger partial charge in [0.1, 0.15) is 0 Å². The fourth-order valence-corrected chi connectivity index (χ4v) is 4.09. The molecule has 0 atom stereocenters. The SMILES string of the molecule is Cc1ccc(N(c2ccccc2)c2ccc(-c3ccccc3)cc2-c2ccccc2)cc1. The van der Waals surface area contributed by atoms with Crippen molar-refractivity contribution in [3.63, 3.8) is 0 Å². The van der Waals surface area contributed by atoms with E-state index in [0.717, 1.165) is 17.1 Å². The Balaban J connectivity index is 1.74. The molecule has 154 valence electrons. The molecule has 0 bridgehead atoms. The zero-order chi connectivity index (χ0) is 21.8. The molecule has 5 aromatic carbocycles. The molecule has 0 saturated carbocycles. The molecule has 0 N–H and O–H groups in total. The summed E-state index contributed by atoms with van der Waals surface area (Å²) in [5.74, 6) is 0. The van der Waals surface area contributed by atoms with Crippen molar-refractivity contribution in [3.05, 3.63) is 139 Å². The quantitative estimate of drug-likeness (QED) is 0.279. The summed E-state index contributed by atoms with van der Waals surface area (Å²) in [4.78, 5) is 2.34.